The number of nitrogens with two attached hydrogens (primary N) is 1. The predicted octanol–water partition coefficient (Wildman–Crippen LogP) is 2.35. The van der Waals surface area contributed by atoms with Crippen LogP contribution < -0.4 is 5.73 Å². The van der Waals surface area contributed by atoms with Crippen molar-refractivity contribution in [3.8, 4) is 11.3 Å². The number of benzene rings is 1. The maximum Gasteiger partial charge on any atom is 0.167 e. The highest BCUT2D eigenvalue weighted by Crippen LogP contribution is 2.28. The van der Waals surface area contributed by atoms with Gasteiger partial charge in [0.15, 0.2) is 5.82 Å². The van der Waals surface area contributed by atoms with E-state index in [4.69, 9.17) is 5.73 Å². The van der Waals surface area contributed by atoms with Gasteiger partial charge in [-0.05, 0) is 19.4 Å². The van der Waals surface area contributed by atoms with E-state index in [0.717, 1.165) is 22.2 Å². The van der Waals surface area contributed by atoms with Crippen LogP contribution in [0.1, 0.15) is 24.4 Å². The molecule has 0 aliphatic carbocycles. The van der Waals surface area contributed by atoms with Crippen LogP contribution in [0.25, 0.3) is 22.2 Å². The lowest BCUT2D eigenvalue weighted by Gasteiger charge is -2.03. The second kappa shape index (κ2) is 4.44. The Morgan fingerprint density at radius 3 is 2.79 bits per heavy atom. The molecule has 2 aromatic heterocycles. The maximum atomic E-state index is 5.72. The van der Waals surface area contributed by atoms with Gasteiger partial charge >= 0.3 is 0 Å². The van der Waals surface area contributed by atoms with E-state index < -0.39 is 0 Å². The highest BCUT2D eigenvalue weighted by atomic mass is 15.2. The summed E-state index contributed by atoms with van der Waals surface area (Å²) in [6.07, 6.45) is 3.66. The van der Waals surface area contributed by atoms with E-state index in [1.54, 1.807) is 6.20 Å². The van der Waals surface area contributed by atoms with Crippen molar-refractivity contribution >= 4 is 10.9 Å². The van der Waals surface area contributed by atoms with E-state index in [0.29, 0.717) is 5.82 Å². The molecule has 2 heterocycles. The molecule has 0 spiro atoms. The molecule has 1 unspecified atom stereocenters. The largest absolute Gasteiger partial charge is 0.360 e. The van der Waals surface area contributed by atoms with Gasteiger partial charge in [0.2, 0.25) is 0 Å². The minimum Gasteiger partial charge on any atom is -0.360 e. The quantitative estimate of drug-likeness (QED) is 0.734. The summed E-state index contributed by atoms with van der Waals surface area (Å²) in [5.41, 5.74) is 9.81. The number of hydrogen-bond acceptors (Lipinski definition) is 4. The van der Waals surface area contributed by atoms with Crippen molar-refractivity contribution in [1.82, 2.24) is 20.2 Å². The molecule has 5 nitrogen and oxygen atoms in total. The number of fused-ring (bicyclic) bond motifs is 1. The molecule has 0 amide bonds. The molecule has 1 aromatic carbocycles. The van der Waals surface area contributed by atoms with Crippen molar-refractivity contribution in [2.24, 2.45) is 5.73 Å². The van der Waals surface area contributed by atoms with Gasteiger partial charge in [-0.25, -0.2) is 4.98 Å². The van der Waals surface area contributed by atoms with Gasteiger partial charge in [0.25, 0.3) is 0 Å². The number of aromatic amines is 1. The molecule has 5 heteroatoms. The van der Waals surface area contributed by atoms with Gasteiger partial charge in [-0.2, -0.15) is 0 Å². The lowest BCUT2D eigenvalue weighted by molar-refractivity contribution is 0.709. The smallest absolute Gasteiger partial charge is 0.167 e. The molecule has 0 aliphatic heterocycles. The zero-order valence-corrected chi connectivity index (χ0v) is 10.9. The van der Waals surface area contributed by atoms with Crippen LogP contribution in [-0.2, 0) is 0 Å². The van der Waals surface area contributed by atoms with Crippen LogP contribution in [0.15, 0.2) is 30.6 Å². The highest BCUT2D eigenvalue weighted by Gasteiger charge is 2.10. The Hall–Kier alpha value is -2.27. The lowest BCUT2D eigenvalue weighted by atomic mass is 10.1. The molecule has 0 saturated carbocycles. The van der Waals surface area contributed by atoms with Gasteiger partial charge in [0.05, 0.1) is 12.2 Å². The average molecular weight is 253 g/mol. The summed E-state index contributed by atoms with van der Waals surface area (Å²) in [6, 6.07) is 5.97. The van der Waals surface area contributed by atoms with Gasteiger partial charge in [-0.3, -0.25) is 0 Å². The summed E-state index contributed by atoms with van der Waals surface area (Å²) in [5.74, 6) is 0.555. The van der Waals surface area contributed by atoms with E-state index in [1.165, 1.54) is 5.56 Å². The third-order valence-electron chi connectivity index (χ3n) is 3.19. The van der Waals surface area contributed by atoms with Crippen LogP contribution in [-0.4, -0.2) is 20.2 Å². The Balaban J connectivity index is 2.11. The molecule has 3 N–H and O–H groups in total. The van der Waals surface area contributed by atoms with E-state index in [2.05, 4.69) is 39.2 Å². The summed E-state index contributed by atoms with van der Waals surface area (Å²) >= 11 is 0. The monoisotopic (exact) mass is 253 g/mol. The average Bonchev–Trinajstić information content (AvgIpc) is 2.84. The fourth-order valence-electron chi connectivity index (χ4n) is 2.13. The topological polar surface area (TPSA) is 80.5 Å². The molecule has 96 valence electrons. The van der Waals surface area contributed by atoms with E-state index in [-0.39, 0.29) is 6.04 Å². The van der Waals surface area contributed by atoms with E-state index >= 15 is 0 Å². The number of para-hydroxylation sites is 1. The van der Waals surface area contributed by atoms with Gasteiger partial charge < -0.3 is 10.7 Å². The van der Waals surface area contributed by atoms with Crippen LogP contribution >= 0.6 is 0 Å². The van der Waals surface area contributed by atoms with Gasteiger partial charge in [-0.1, -0.05) is 18.2 Å². The van der Waals surface area contributed by atoms with Crippen LogP contribution in [0, 0.1) is 6.92 Å². The molecule has 19 heavy (non-hydrogen) atoms. The first-order valence-corrected chi connectivity index (χ1v) is 6.19. The normalized spacial score (nSPS) is 12.8. The molecule has 3 rings (SSSR count). The molecule has 0 saturated heterocycles. The number of H-pyrrole nitrogens is 1. The predicted molar refractivity (Wildman–Crippen MR) is 74.5 cm³/mol. The Bertz CT molecular complexity index is 712. The van der Waals surface area contributed by atoms with E-state index in [9.17, 15) is 0 Å². The van der Waals surface area contributed by atoms with Crippen molar-refractivity contribution in [1.29, 1.82) is 0 Å². The number of aromatic nitrogens is 4. The van der Waals surface area contributed by atoms with Crippen LogP contribution in [0.2, 0.25) is 0 Å². The Kier molecular flexibility index (Phi) is 2.76. The van der Waals surface area contributed by atoms with Crippen LogP contribution in [0.4, 0.5) is 0 Å². The van der Waals surface area contributed by atoms with Crippen molar-refractivity contribution in [3.63, 3.8) is 0 Å². The second-order valence-electron chi connectivity index (χ2n) is 4.69. The zero-order chi connectivity index (χ0) is 13.4. The number of hydrogen-bond donors (Lipinski definition) is 2. The van der Waals surface area contributed by atoms with Gasteiger partial charge in [-0.15, -0.1) is 10.2 Å². The van der Waals surface area contributed by atoms with Crippen molar-refractivity contribution < 1.29 is 0 Å². The lowest BCUT2D eigenvalue weighted by Crippen LogP contribution is -2.10. The Morgan fingerprint density at radius 1 is 1.26 bits per heavy atom. The van der Waals surface area contributed by atoms with Crippen LogP contribution in [0.5, 0.6) is 0 Å². The fourth-order valence-corrected chi connectivity index (χ4v) is 2.13. The van der Waals surface area contributed by atoms with Crippen molar-refractivity contribution in [2.45, 2.75) is 19.9 Å². The summed E-state index contributed by atoms with van der Waals surface area (Å²) in [6.45, 7) is 3.91. The Labute approximate surface area is 110 Å². The third kappa shape index (κ3) is 1.98. The highest BCUT2D eigenvalue weighted by molar-refractivity contribution is 5.95. The molecular formula is C14H15N5. The number of nitrogens with one attached hydrogen (secondary N) is 1. The van der Waals surface area contributed by atoms with Gasteiger partial charge in [0.1, 0.15) is 5.69 Å². The Morgan fingerprint density at radius 2 is 2.11 bits per heavy atom. The molecule has 3 aromatic rings. The molecular weight excluding hydrogens is 238 g/mol. The standard InChI is InChI=1S/C14H15N5/c1-8-4-3-5-10-11(6-16-13(8)10)12-7-17-14(9(2)15)19-18-12/h3-7,9,16H,15H2,1-2H3. The summed E-state index contributed by atoms with van der Waals surface area (Å²) in [4.78, 5) is 7.52. The van der Waals surface area contributed by atoms with Gasteiger partial charge in [0, 0.05) is 22.7 Å². The summed E-state index contributed by atoms with van der Waals surface area (Å²) in [7, 11) is 0. The maximum absolute atomic E-state index is 5.72. The van der Waals surface area contributed by atoms with Crippen molar-refractivity contribution in [2.75, 3.05) is 0 Å². The van der Waals surface area contributed by atoms with Crippen LogP contribution in [0.3, 0.4) is 0 Å². The molecule has 0 aliphatic rings. The molecule has 1 atom stereocenters. The minimum atomic E-state index is -0.202. The summed E-state index contributed by atoms with van der Waals surface area (Å²) < 4.78 is 0. The number of aryl methyl sites for hydroxylation is 1. The number of rotatable bonds is 2. The molecule has 0 bridgehead atoms. The first kappa shape index (κ1) is 11.8. The fraction of sp³-hybridized carbons (Fsp3) is 0.214. The SMILES string of the molecule is Cc1cccc2c(-c3cnc(C(C)N)nn3)c[nH]c12. The van der Waals surface area contributed by atoms with E-state index in [1.807, 2.05) is 19.2 Å². The minimum absolute atomic E-state index is 0.202. The first-order chi connectivity index (χ1) is 9.16. The second-order valence-corrected chi connectivity index (χ2v) is 4.69. The molecule has 0 fully saturated rings. The van der Waals surface area contributed by atoms with Crippen molar-refractivity contribution in [3.05, 3.63) is 42.0 Å². The third-order valence-corrected chi connectivity index (χ3v) is 3.19. The molecule has 0 radical (unpaired) electrons. The zero-order valence-electron chi connectivity index (χ0n) is 10.9. The summed E-state index contributed by atoms with van der Waals surface area (Å²) in [5, 5.41) is 9.40. The first-order valence-electron chi connectivity index (χ1n) is 6.19. The number of nitrogens with zero attached hydrogens (tertiary/aromatic N) is 3.